The Kier molecular flexibility index (Phi) is 4.00. The van der Waals surface area contributed by atoms with E-state index in [2.05, 4.69) is 17.6 Å². The number of piperidine rings is 1. The molecule has 4 heteroatoms. The molecule has 21 heavy (non-hydrogen) atoms. The summed E-state index contributed by atoms with van der Waals surface area (Å²) in [5.41, 5.74) is 1.88. The average Bonchev–Trinajstić information content (AvgIpc) is 2.84. The Bertz CT molecular complexity index is 523. The monoisotopic (exact) mass is 288 g/mol. The molecule has 2 aliphatic rings. The highest BCUT2D eigenvalue weighted by Crippen LogP contribution is 2.35. The van der Waals surface area contributed by atoms with E-state index in [1.807, 2.05) is 24.3 Å². The number of amides is 1. The van der Waals surface area contributed by atoms with E-state index in [0.29, 0.717) is 6.42 Å². The van der Waals surface area contributed by atoms with Gasteiger partial charge in [0.15, 0.2) is 0 Å². The van der Waals surface area contributed by atoms with Crippen molar-refractivity contribution in [1.29, 1.82) is 0 Å². The zero-order valence-electron chi connectivity index (χ0n) is 12.6. The summed E-state index contributed by atoms with van der Waals surface area (Å²) in [6.45, 7) is 3.80. The molecule has 1 fully saturated rings. The van der Waals surface area contributed by atoms with Crippen molar-refractivity contribution in [2.45, 2.75) is 44.8 Å². The van der Waals surface area contributed by atoms with Crippen LogP contribution in [0.2, 0.25) is 0 Å². The zero-order valence-corrected chi connectivity index (χ0v) is 12.6. The Morgan fingerprint density at radius 1 is 1.48 bits per heavy atom. The molecule has 1 heterocycles. The summed E-state index contributed by atoms with van der Waals surface area (Å²) < 4.78 is 0. The highest BCUT2D eigenvalue weighted by atomic mass is 16.3. The maximum absolute atomic E-state index is 12.8. The molecule has 0 radical (unpaired) electrons. The van der Waals surface area contributed by atoms with E-state index in [-0.39, 0.29) is 17.4 Å². The minimum absolute atomic E-state index is 0.0814. The molecular formula is C17H24N2O2. The molecule has 3 atom stereocenters. The molecular weight excluding hydrogens is 264 g/mol. The first-order valence-electron chi connectivity index (χ1n) is 7.94. The molecule has 0 bridgehead atoms. The molecule has 0 saturated carbocycles. The van der Waals surface area contributed by atoms with Crippen LogP contribution < -0.4 is 10.6 Å². The second-order valence-corrected chi connectivity index (χ2v) is 6.34. The van der Waals surface area contributed by atoms with E-state index in [0.717, 1.165) is 43.5 Å². The summed E-state index contributed by atoms with van der Waals surface area (Å²) in [5.74, 6) is 0.0814. The molecule has 4 nitrogen and oxygen atoms in total. The number of rotatable bonds is 3. The number of aliphatic hydroxyl groups excluding tert-OH is 1. The smallest absolute Gasteiger partial charge is 0.228 e. The minimum Gasteiger partial charge on any atom is -0.390 e. The quantitative estimate of drug-likeness (QED) is 0.790. The van der Waals surface area contributed by atoms with Gasteiger partial charge in [-0.2, -0.15) is 0 Å². The van der Waals surface area contributed by atoms with Crippen molar-refractivity contribution in [1.82, 2.24) is 10.6 Å². The third-order valence-corrected chi connectivity index (χ3v) is 5.12. The lowest BCUT2D eigenvalue weighted by Gasteiger charge is -2.36. The molecule has 114 valence electrons. The minimum atomic E-state index is -0.517. The highest BCUT2D eigenvalue weighted by molar-refractivity contribution is 5.83. The molecule has 1 unspecified atom stereocenters. The van der Waals surface area contributed by atoms with Gasteiger partial charge >= 0.3 is 0 Å². The number of fused-ring (bicyclic) bond motifs is 1. The van der Waals surface area contributed by atoms with Crippen molar-refractivity contribution >= 4 is 5.91 Å². The number of benzene rings is 1. The van der Waals surface area contributed by atoms with Crippen LogP contribution in [0.3, 0.4) is 0 Å². The molecule has 0 spiro atoms. The van der Waals surface area contributed by atoms with Crippen LogP contribution in [0.5, 0.6) is 0 Å². The molecule has 1 aromatic rings. The fourth-order valence-corrected chi connectivity index (χ4v) is 3.67. The predicted molar refractivity (Wildman–Crippen MR) is 81.9 cm³/mol. The third kappa shape index (κ3) is 2.58. The number of carbonyl (C=O) groups is 1. The Balaban J connectivity index is 1.78. The van der Waals surface area contributed by atoms with Gasteiger partial charge in [-0.05, 0) is 36.9 Å². The van der Waals surface area contributed by atoms with Crippen molar-refractivity contribution in [2.75, 3.05) is 13.1 Å². The van der Waals surface area contributed by atoms with Gasteiger partial charge in [0.05, 0.1) is 17.6 Å². The van der Waals surface area contributed by atoms with Crippen LogP contribution in [0.15, 0.2) is 24.3 Å². The number of hydrogen-bond acceptors (Lipinski definition) is 3. The van der Waals surface area contributed by atoms with Gasteiger partial charge in [-0.25, -0.2) is 0 Å². The third-order valence-electron chi connectivity index (χ3n) is 5.12. The molecule has 1 saturated heterocycles. The van der Waals surface area contributed by atoms with Crippen LogP contribution in [0.4, 0.5) is 0 Å². The summed E-state index contributed by atoms with van der Waals surface area (Å²) >= 11 is 0. The average molecular weight is 288 g/mol. The number of nitrogens with one attached hydrogen (secondary N) is 2. The van der Waals surface area contributed by atoms with Crippen molar-refractivity contribution in [3.05, 3.63) is 35.4 Å². The molecule has 1 aromatic carbocycles. The van der Waals surface area contributed by atoms with Gasteiger partial charge in [0.25, 0.3) is 0 Å². The SMILES string of the molecule is CCC1(C(=O)N[C@H]2c3ccccc3C[C@H]2O)CCCNC1. The molecule has 3 rings (SSSR count). The van der Waals surface area contributed by atoms with Gasteiger partial charge in [0, 0.05) is 13.0 Å². The van der Waals surface area contributed by atoms with E-state index >= 15 is 0 Å². The van der Waals surface area contributed by atoms with Gasteiger partial charge in [-0.3, -0.25) is 4.79 Å². The van der Waals surface area contributed by atoms with Gasteiger partial charge in [0.2, 0.25) is 5.91 Å². The van der Waals surface area contributed by atoms with Crippen LogP contribution >= 0.6 is 0 Å². The molecule has 1 aliphatic carbocycles. The zero-order chi connectivity index (χ0) is 14.9. The number of carbonyl (C=O) groups excluding carboxylic acids is 1. The Morgan fingerprint density at radius 2 is 2.29 bits per heavy atom. The van der Waals surface area contributed by atoms with Crippen LogP contribution in [0.25, 0.3) is 0 Å². The highest BCUT2D eigenvalue weighted by Gasteiger charge is 2.41. The van der Waals surface area contributed by atoms with Gasteiger partial charge in [-0.1, -0.05) is 31.2 Å². The summed E-state index contributed by atoms with van der Waals surface area (Å²) in [5, 5.41) is 16.7. The predicted octanol–water partition coefficient (Wildman–Crippen LogP) is 1.54. The molecule has 0 aromatic heterocycles. The summed E-state index contributed by atoms with van der Waals surface area (Å²) in [6, 6.07) is 7.72. The summed E-state index contributed by atoms with van der Waals surface area (Å²) in [6.07, 6.45) is 2.89. The Hall–Kier alpha value is -1.39. The Morgan fingerprint density at radius 3 is 3.00 bits per heavy atom. The summed E-state index contributed by atoms with van der Waals surface area (Å²) in [7, 11) is 0. The first-order valence-corrected chi connectivity index (χ1v) is 7.94. The lowest BCUT2D eigenvalue weighted by molar-refractivity contribution is -0.134. The van der Waals surface area contributed by atoms with Gasteiger partial charge in [-0.15, -0.1) is 0 Å². The maximum atomic E-state index is 12.8. The van der Waals surface area contributed by atoms with Crippen LogP contribution in [0.1, 0.15) is 43.4 Å². The summed E-state index contributed by atoms with van der Waals surface area (Å²) in [4.78, 5) is 12.8. The maximum Gasteiger partial charge on any atom is 0.228 e. The van der Waals surface area contributed by atoms with E-state index in [4.69, 9.17) is 0 Å². The molecule has 3 N–H and O–H groups in total. The largest absolute Gasteiger partial charge is 0.390 e. The number of hydrogen-bond donors (Lipinski definition) is 3. The van der Waals surface area contributed by atoms with Crippen molar-refractivity contribution in [3.8, 4) is 0 Å². The van der Waals surface area contributed by atoms with Crippen LogP contribution in [0, 0.1) is 5.41 Å². The van der Waals surface area contributed by atoms with E-state index in [1.54, 1.807) is 0 Å². The second-order valence-electron chi connectivity index (χ2n) is 6.34. The van der Waals surface area contributed by atoms with Crippen LogP contribution in [-0.4, -0.2) is 30.2 Å². The standard InChI is InChI=1S/C17H24N2O2/c1-2-17(8-5-9-18-11-17)16(21)19-15-13-7-4-3-6-12(13)10-14(15)20/h3-4,6-7,14-15,18,20H,2,5,8-11H2,1H3,(H,19,21)/t14-,15+,17?/m1/s1. The lowest BCUT2D eigenvalue weighted by Crippen LogP contribution is -2.51. The fraction of sp³-hybridized carbons (Fsp3) is 0.588. The van der Waals surface area contributed by atoms with E-state index in [9.17, 15) is 9.90 Å². The lowest BCUT2D eigenvalue weighted by atomic mass is 9.77. The normalized spacial score (nSPS) is 31.7. The molecule has 1 aliphatic heterocycles. The topological polar surface area (TPSA) is 61.4 Å². The first-order chi connectivity index (χ1) is 10.2. The van der Waals surface area contributed by atoms with Gasteiger partial charge < -0.3 is 15.7 Å². The van der Waals surface area contributed by atoms with Crippen molar-refractivity contribution in [3.63, 3.8) is 0 Å². The first kappa shape index (κ1) is 14.5. The van der Waals surface area contributed by atoms with E-state index < -0.39 is 6.10 Å². The van der Waals surface area contributed by atoms with Crippen molar-refractivity contribution < 1.29 is 9.90 Å². The Labute approximate surface area is 125 Å². The van der Waals surface area contributed by atoms with Crippen LogP contribution in [-0.2, 0) is 11.2 Å². The van der Waals surface area contributed by atoms with Crippen molar-refractivity contribution in [2.24, 2.45) is 5.41 Å². The fourth-order valence-electron chi connectivity index (χ4n) is 3.67. The van der Waals surface area contributed by atoms with Gasteiger partial charge in [0.1, 0.15) is 0 Å². The second kappa shape index (κ2) is 5.78. The molecule has 1 amide bonds. The number of aliphatic hydroxyl groups is 1. The van der Waals surface area contributed by atoms with E-state index in [1.165, 1.54) is 0 Å².